The highest BCUT2D eigenvalue weighted by Gasteiger charge is 2.66. The molecule has 0 heterocycles. The minimum Gasteiger partial charge on any atom is -0.480 e. The van der Waals surface area contributed by atoms with Gasteiger partial charge >= 0.3 is 12.1 Å². The normalized spacial score (nSPS) is 29.6. The van der Waals surface area contributed by atoms with E-state index in [0.717, 1.165) is 25.7 Å². The Labute approximate surface area is 127 Å². The fourth-order valence-electron chi connectivity index (χ4n) is 3.08. The maximum absolute atomic E-state index is 11.9. The number of carbonyl (C=O) groups excluding carboxylic acids is 1. The Bertz CT molecular complexity index is 415. The molecule has 1 saturated carbocycles. The highest BCUT2D eigenvalue weighted by atomic mass is 16.6. The molecule has 1 amide bonds. The molecule has 1 aliphatic carbocycles. The number of unbranched alkanes of at least 4 members (excludes halogenated alkanes) is 1. The fraction of sp³-hybridized carbons (Fsp3) is 0.875. The van der Waals surface area contributed by atoms with Crippen molar-refractivity contribution < 1.29 is 19.4 Å². The Morgan fingerprint density at radius 1 is 1.33 bits per heavy atom. The van der Waals surface area contributed by atoms with Gasteiger partial charge in [-0.05, 0) is 39.0 Å². The number of hydrogen-bond acceptors (Lipinski definition) is 3. The van der Waals surface area contributed by atoms with Gasteiger partial charge in [-0.3, -0.25) is 0 Å². The Balaban J connectivity index is 2.76. The molecule has 1 aliphatic rings. The van der Waals surface area contributed by atoms with Crippen molar-refractivity contribution in [3.05, 3.63) is 0 Å². The van der Waals surface area contributed by atoms with E-state index in [1.807, 2.05) is 6.92 Å². The van der Waals surface area contributed by atoms with Gasteiger partial charge in [-0.15, -0.1) is 0 Å². The average molecular weight is 299 g/mol. The molecular formula is C16H29NO4. The van der Waals surface area contributed by atoms with Gasteiger partial charge < -0.3 is 15.2 Å². The van der Waals surface area contributed by atoms with Crippen LogP contribution in [0.5, 0.6) is 0 Å². The molecule has 1 fully saturated rings. The minimum atomic E-state index is -0.997. The number of carboxylic acids is 1. The summed E-state index contributed by atoms with van der Waals surface area (Å²) in [6.07, 6.45) is 3.29. The number of aliphatic carboxylic acids is 1. The van der Waals surface area contributed by atoms with Gasteiger partial charge in [0.25, 0.3) is 0 Å². The Hall–Kier alpha value is -1.26. The predicted octanol–water partition coefficient (Wildman–Crippen LogP) is 3.57. The molecule has 3 atom stereocenters. The number of rotatable bonds is 6. The van der Waals surface area contributed by atoms with Gasteiger partial charge in [0.05, 0.1) is 0 Å². The molecule has 1 rings (SSSR count). The average Bonchev–Trinajstić information content (AvgIpc) is 2.85. The quantitative estimate of drug-likeness (QED) is 0.786. The minimum absolute atomic E-state index is 0.0267. The van der Waals surface area contributed by atoms with Gasteiger partial charge in [0.1, 0.15) is 11.6 Å². The van der Waals surface area contributed by atoms with Gasteiger partial charge in [-0.25, -0.2) is 9.59 Å². The van der Waals surface area contributed by atoms with Crippen LogP contribution in [0.3, 0.4) is 0 Å². The summed E-state index contributed by atoms with van der Waals surface area (Å²) in [6.45, 7) is 11.4. The number of nitrogens with one attached hydrogen (secondary N) is 1. The molecule has 2 N–H and O–H groups in total. The maximum Gasteiger partial charge on any atom is 0.408 e. The molecule has 122 valence electrons. The second kappa shape index (κ2) is 5.85. The van der Waals surface area contributed by atoms with Crippen LogP contribution >= 0.6 is 0 Å². The van der Waals surface area contributed by atoms with Crippen LogP contribution in [0.2, 0.25) is 0 Å². The van der Waals surface area contributed by atoms with E-state index >= 15 is 0 Å². The van der Waals surface area contributed by atoms with E-state index in [1.54, 1.807) is 20.8 Å². The Morgan fingerprint density at radius 2 is 1.90 bits per heavy atom. The summed E-state index contributed by atoms with van der Waals surface area (Å²) in [5.74, 6) is -0.997. The molecule has 0 bridgehead atoms. The molecule has 0 saturated heterocycles. The summed E-state index contributed by atoms with van der Waals surface area (Å²) < 4.78 is 5.18. The summed E-state index contributed by atoms with van der Waals surface area (Å²) in [4.78, 5) is 23.5. The van der Waals surface area contributed by atoms with Crippen molar-refractivity contribution >= 4 is 12.1 Å². The third-order valence-electron chi connectivity index (χ3n) is 4.64. The summed E-state index contributed by atoms with van der Waals surface area (Å²) in [5, 5.41) is 12.0. The van der Waals surface area contributed by atoms with Crippen LogP contribution in [0, 0.1) is 10.8 Å². The monoisotopic (exact) mass is 299 g/mol. The first-order valence-corrected chi connectivity index (χ1v) is 7.67. The fourth-order valence-corrected chi connectivity index (χ4v) is 3.08. The van der Waals surface area contributed by atoms with E-state index in [2.05, 4.69) is 19.2 Å². The van der Waals surface area contributed by atoms with Crippen LogP contribution in [0.1, 0.15) is 67.2 Å². The predicted molar refractivity (Wildman–Crippen MR) is 81.1 cm³/mol. The van der Waals surface area contributed by atoms with Crippen molar-refractivity contribution in [1.29, 1.82) is 0 Å². The van der Waals surface area contributed by atoms with Crippen molar-refractivity contribution in [1.82, 2.24) is 5.32 Å². The second-order valence-corrected chi connectivity index (χ2v) is 7.68. The van der Waals surface area contributed by atoms with Gasteiger partial charge in [-0.2, -0.15) is 0 Å². The van der Waals surface area contributed by atoms with E-state index in [4.69, 9.17) is 4.74 Å². The van der Waals surface area contributed by atoms with Gasteiger partial charge in [0.2, 0.25) is 0 Å². The number of carboxylic acid groups (broad SMARTS) is 1. The Kier molecular flexibility index (Phi) is 4.96. The summed E-state index contributed by atoms with van der Waals surface area (Å²) >= 11 is 0. The first-order valence-electron chi connectivity index (χ1n) is 7.67. The van der Waals surface area contributed by atoms with Crippen LogP contribution in [0.25, 0.3) is 0 Å². The molecule has 0 aromatic carbocycles. The van der Waals surface area contributed by atoms with Crippen molar-refractivity contribution in [2.75, 3.05) is 0 Å². The highest BCUT2D eigenvalue weighted by molar-refractivity contribution is 5.81. The molecule has 0 aliphatic heterocycles. The standard InChI is InChI=1S/C16H29NO4/c1-7-8-9-15(5)10-16(15,6)11(12(18)19)17-13(20)21-14(2,3)4/h11H,7-10H2,1-6H3,(H,17,20)(H,18,19). The Morgan fingerprint density at radius 3 is 2.33 bits per heavy atom. The second-order valence-electron chi connectivity index (χ2n) is 7.68. The van der Waals surface area contributed by atoms with E-state index in [1.165, 1.54) is 0 Å². The van der Waals surface area contributed by atoms with E-state index in [-0.39, 0.29) is 5.41 Å². The molecule has 0 spiro atoms. The van der Waals surface area contributed by atoms with Crippen LogP contribution in [0.4, 0.5) is 4.79 Å². The number of carbonyl (C=O) groups is 2. The lowest BCUT2D eigenvalue weighted by Crippen LogP contribution is -2.49. The van der Waals surface area contributed by atoms with Crippen LogP contribution in [0.15, 0.2) is 0 Å². The molecule has 0 aromatic rings. The van der Waals surface area contributed by atoms with Crippen LogP contribution in [-0.2, 0) is 9.53 Å². The largest absolute Gasteiger partial charge is 0.480 e. The molecule has 21 heavy (non-hydrogen) atoms. The number of amides is 1. The van der Waals surface area contributed by atoms with Crippen molar-refractivity contribution in [3.63, 3.8) is 0 Å². The van der Waals surface area contributed by atoms with Gasteiger partial charge in [0, 0.05) is 5.41 Å². The van der Waals surface area contributed by atoms with Crippen molar-refractivity contribution in [3.8, 4) is 0 Å². The lowest BCUT2D eigenvalue weighted by molar-refractivity contribution is -0.141. The zero-order valence-corrected chi connectivity index (χ0v) is 14.1. The lowest BCUT2D eigenvalue weighted by Gasteiger charge is -2.28. The number of hydrogen-bond donors (Lipinski definition) is 2. The van der Waals surface area contributed by atoms with E-state index in [0.29, 0.717) is 0 Å². The molecule has 5 nitrogen and oxygen atoms in total. The SMILES string of the molecule is CCCCC1(C)CC1(C)C(NC(=O)OC(C)(C)C)C(=O)O. The maximum atomic E-state index is 11.9. The number of alkyl carbamates (subject to hydrolysis) is 1. The molecule has 5 heteroatoms. The smallest absolute Gasteiger partial charge is 0.408 e. The lowest BCUT2D eigenvalue weighted by atomic mass is 9.85. The first kappa shape index (κ1) is 17.8. The van der Waals surface area contributed by atoms with Gasteiger partial charge in [0.15, 0.2) is 0 Å². The molecule has 3 unspecified atom stereocenters. The zero-order valence-electron chi connectivity index (χ0n) is 14.1. The molecule has 0 radical (unpaired) electrons. The third kappa shape index (κ3) is 4.11. The van der Waals surface area contributed by atoms with E-state index in [9.17, 15) is 14.7 Å². The summed E-state index contributed by atoms with van der Waals surface area (Å²) in [6, 6.07) is -0.908. The first-order chi connectivity index (χ1) is 9.45. The van der Waals surface area contributed by atoms with Crippen molar-refractivity contribution in [2.45, 2.75) is 78.9 Å². The molecule has 0 aromatic heterocycles. The van der Waals surface area contributed by atoms with E-state index < -0.39 is 29.1 Å². The highest BCUT2D eigenvalue weighted by Crippen LogP contribution is 2.67. The zero-order chi connectivity index (χ0) is 16.5. The topological polar surface area (TPSA) is 75.6 Å². The van der Waals surface area contributed by atoms with Gasteiger partial charge in [-0.1, -0.05) is 33.6 Å². The molecular weight excluding hydrogens is 270 g/mol. The van der Waals surface area contributed by atoms with Crippen LogP contribution in [-0.4, -0.2) is 28.8 Å². The summed E-state index contributed by atoms with van der Waals surface area (Å²) in [7, 11) is 0. The number of ether oxygens (including phenoxy) is 1. The van der Waals surface area contributed by atoms with Crippen LogP contribution < -0.4 is 5.32 Å². The van der Waals surface area contributed by atoms with Crippen molar-refractivity contribution in [2.24, 2.45) is 10.8 Å². The third-order valence-corrected chi connectivity index (χ3v) is 4.64. The summed E-state index contributed by atoms with van der Waals surface area (Å²) in [5.41, 5.74) is -1.07.